The first kappa shape index (κ1) is 15.5. The van der Waals surface area contributed by atoms with Crippen molar-refractivity contribution in [2.75, 3.05) is 18.0 Å². The highest BCUT2D eigenvalue weighted by Crippen LogP contribution is 2.27. The number of hydrogen-bond acceptors (Lipinski definition) is 2. The highest BCUT2D eigenvalue weighted by atomic mass is 19.1. The van der Waals surface area contributed by atoms with E-state index < -0.39 is 0 Å². The van der Waals surface area contributed by atoms with Gasteiger partial charge in [0.2, 0.25) is 0 Å². The van der Waals surface area contributed by atoms with E-state index in [1.807, 2.05) is 6.92 Å². The summed E-state index contributed by atoms with van der Waals surface area (Å²) in [7, 11) is 0. The van der Waals surface area contributed by atoms with E-state index in [4.69, 9.17) is 0 Å². The summed E-state index contributed by atoms with van der Waals surface area (Å²) in [6.45, 7) is 8.55. The van der Waals surface area contributed by atoms with Gasteiger partial charge in [-0.2, -0.15) is 0 Å². The Hall–Kier alpha value is -1.87. The standard InChI is InChI=1S/C18H23FN2/c1-4-20-13-15-10-16(19)12-18(11-15)21(5-2)17-8-6-14(3)7-9-17/h6-12,20H,4-5,13H2,1-3H3. The van der Waals surface area contributed by atoms with Crippen LogP contribution in [0.15, 0.2) is 42.5 Å². The first-order valence-corrected chi connectivity index (χ1v) is 7.48. The SMILES string of the molecule is CCNCc1cc(F)cc(N(CC)c2ccc(C)cc2)c1. The minimum absolute atomic E-state index is 0.189. The summed E-state index contributed by atoms with van der Waals surface area (Å²) in [6, 6.07) is 13.6. The van der Waals surface area contributed by atoms with Gasteiger partial charge in [0.05, 0.1) is 0 Å². The lowest BCUT2D eigenvalue weighted by atomic mass is 10.1. The molecule has 0 unspecified atom stereocenters. The molecule has 3 heteroatoms. The van der Waals surface area contributed by atoms with E-state index in [1.165, 1.54) is 5.56 Å². The Morgan fingerprint density at radius 3 is 2.33 bits per heavy atom. The van der Waals surface area contributed by atoms with Crippen LogP contribution in [0.1, 0.15) is 25.0 Å². The summed E-state index contributed by atoms with van der Waals surface area (Å²) in [5.41, 5.74) is 4.18. The Morgan fingerprint density at radius 2 is 1.71 bits per heavy atom. The predicted octanol–water partition coefficient (Wildman–Crippen LogP) is 4.40. The molecule has 2 nitrogen and oxygen atoms in total. The molecule has 0 saturated heterocycles. The van der Waals surface area contributed by atoms with Crippen LogP contribution >= 0.6 is 0 Å². The number of benzene rings is 2. The maximum absolute atomic E-state index is 13.9. The average molecular weight is 286 g/mol. The highest BCUT2D eigenvalue weighted by Gasteiger charge is 2.09. The number of rotatable bonds is 6. The van der Waals surface area contributed by atoms with E-state index in [1.54, 1.807) is 12.1 Å². The van der Waals surface area contributed by atoms with Crippen molar-refractivity contribution >= 4 is 11.4 Å². The van der Waals surface area contributed by atoms with Crippen LogP contribution < -0.4 is 10.2 Å². The summed E-state index contributed by atoms with van der Waals surface area (Å²) in [4.78, 5) is 2.12. The largest absolute Gasteiger partial charge is 0.342 e. The molecule has 112 valence electrons. The van der Waals surface area contributed by atoms with E-state index >= 15 is 0 Å². The van der Waals surface area contributed by atoms with E-state index in [0.29, 0.717) is 6.54 Å². The molecule has 0 bridgehead atoms. The van der Waals surface area contributed by atoms with Crippen molar-refractivity contribution in [2.45, 2.75) is 27.3 Å². The minimum Gasteiger partial charge on any atom is -0.342 e. The van der Waals surface area contributed by atoms with E-state index in [-0.39, 0.29) is 5.82 Å². The molecule has 0 amide bonds. The molecule has 0 atom stereocenters. The molecule has 0 heterocycles. The second kappa shape index (κ2) is 7.23. The molecule has 21 heavy (non-hydrogen) atoms. The van der Waals surface area contributed by atoms with Gasteiger partial charge in [0, 0.05) is 24.5 Å². The molecule has 0 aliphatic heterocycles. The van der Waals surface area contributed by atoms with Crippen LogP contribution in [0.25, 0.3) is 0 Å². The van der Waals surface area contributed by atoms with E-state index in [2.05, 4.69) is 54.4 Å². The highest BCUT2D eigenvalue weighted by molar-refractivity contribution is 5.64. The second-order valence-corrected chi connectivity index (χ2v) is 5.18. The smallest absolute Gasteiger partial charge is 0.125 e. The van der Waals surface area contributed by atoms with Crippen LogP contribution in [0.2, 0.25) is 0 Å². The van der Waals surface area contributed by atoms with Crippen molar-refractivity contribution in [1.82, 2.24) is 5.32 Å². The van der Waals surface area contributed by atoms with E-state index in [9.17, 15) is 4.39 Å². The van der Waals surface area contributed by atoms with Gasteiger partial charge in [0.15, 0.2) is 0 Å². The topological polar surface area (TPSA) is 15.3 Å². The number of hydrogen-bond donors (Lipinski definition) is 1. The van der Waals surface area contributed by atoms with Gasteiger partial charge in [0.1, 0.15) is 5.82 Å². The Bertz CT molecular complexity index is 578. The Labute approximate surface area is 126 Å². The Kier molecular flexibility index (Phi) is 5.34. The van der Waals surface area contributed by atoms with Crippen LogP contribution in [-0.2, 0) is 6.54 Å². The predicted molar refractivity (Wildman–Crippen MR) is 87.6 cm³/mol. The van der Waals surface area contributed by atoms with Crippen LogP contribution in [0, 0.1) is 12.7 Å². The third-order valence-corrected chi connectivity index (χ3v) is 3.50. The lowest BCUT2D eigenvalue weighted by Crippen LogP contribution is -2.17. The molecule has 2 aromatic rings. The lowest BCUT2D eigenvalue weighted by molar-refractivity contribution is 0.621. The molecule has 0 radical (unpaired) electrons. The Balaban J connectivity index is 2.32. The molecule has 0 aromatic heterocycles. The van der Waals surface area contributed by atoms with Crippen LogP contribution in [0.5, 0.6) is 0 Å². The van der Waals surface area contributed by atoms with Gasteiger partial charge in [-0.1, -0.05) is 24.6 Å². The van der Waals surface area contributed by atoms with Gasteiger partial charge in [-0.3, -0.25) is 0 Å². The number of anilines is 2. The summed E-state index contributed by atoms with van der Waals surface area (Å²) in [5.74, 6) is -0.189. The molecule has 2 rings (SSSR count). The number of nitrogens with one attached hydrogen (secondary N) is 1. The second-order valence-electron chi connectivity index (χ2n) is 5.18. The minimum atomic E-state index is -0.189. The first-order chi connectivity index (χ1) is 10.1. The van der Waals surface area contributed by atoms with Gasteiger partial charge in [-0.15, -0.1) is 0 Å². The van der Waals surface area contributed by atoms with E-state index in [0.717, 1.165) is 30.0 Å². The first-order valence-electron chi connectivity index (χ1n) is 7.48. The Morgan fingerprint density at radius 1 is 1.00 bits per heavy atom. The summed E-state index contributed by atoms with van der Waals surface area (Å²) in [6.07, 6.45) is 0. The summed E-state index contributed by atoms with van der Waals surface area (Å²) >= 11 is 0. The van der Waals surface area contributed by atoms with Gasteiger partial charge in [-0.05, 0) is 56.3 Å². The fourth-order valence-corrected chi connectivity index (χ4v) is 2.40. The van der Waals surface area contributed by atoms with Crippen molar-refractivity contribution in [3.8, 4) is 0 Å². The molecule has 0 aliphatic carbocycles. The molecule has 0 spiro atoms. The number of nitrogens with zero attached hydrogens (tertiary/aromatic N) is 1. The maximum atomic E-state index is 13.9. The third kappa shape index (κ3) is 4.05. The average Bonchev–Trinajstić information content (AvgIpc) is 2.47. The zero-order valence-corrected chi connectivity index (χ0v) is 13.0. The van der Waals surface area contributed by atoms with Crippen molar-refractivity contribution in [2.24, 2.45) is 0 Å². The van der Waals surface area contributed by atoms with Gasteiger partial charge in [-0.25, -0.2) is 4.39 Å². The molecule has 0 fully saturated rings. The maximum Gasteiger partial charge on any atom is 0.125 e. The fraction of sp³-hybridized carbons (Fsp3) is 0.333. The zero-order chi connectivity index (χ0) is 15.2. The molecular weight excluding hydrogens is 263 g/mol. The molecule has 2 aromatic carbocycles. The fourth-order valence-electron chi connectivity index (χ4n) is 2.40. The van der Waals surface area contributed by atoms with Crippen LogP contribution in [0.3, 0.4) is 0 Å². The summed E-state index contributed by atoms with van der Waals surface area (Å²) < 4.78 is 13.9. The van der Waals surface area contributed by atoms with Gasteiger partial charge >= 0.3 is 0 Å². The quantitative estimate of drug-likeness (QED) is 0.846. The van der Waals surface area contributed by atoms with Gasteiger partial charge in [0.25, 0.3) is 0 Å². The molecule has 1 N–H and O–H groups in total. The number of halogens is 1. The molecule has 0 aliphatic rings. The van der Waals surface area contributed by atoms with Crippen molar-refractivity contribution in [3.05, 3.63) is 59.4 Å². The van der Waals surface area contributed by atoms with Crippen LogP contribution in [0.4, 0.5) is 15.8 Å². The van der Waals surface area contributed by atoms with Crippen molar-refractivity contribution in [3.63, 3.8) is 0 Å². The van der Waals surface area contributed by atoms with Gasteiger partial charge < -0.3 is 10.2 Å². The lowest BCUT2D eigenvalue weighted by Gasteiger charge is -2.24. The molecular formula is C18H23FN2. The monoisotopic (exact) mass is 286 g/mol. The third-order valence-electron chi connectivity index (χ3n) is 3.50. The zero-order valence-electron chi connectivity index (χ0n) is 13.0. The number of aryl methyl sites for hydroxylation is 1. The van der Waals surface area contributed by atoms with Crippen molar-refractivity contribution < 1.29 is 4.39 Å². The van der Waals surface area contributed by atoms with Crippen molar-refractivity contribution in [1.29, 1.82) is 0 Å². The summed E-state index contributed by atoms with van der Waals surface area (Å²) in [5, 5.41) is 3.24. The molecule has 0 saturated carbocycles. The van der Waals surface area contributed by atoms with Crippen LogP contribution in [-0.4, -0.2) is 13.1 Å². The normalized spacial score (nSPS) is 10.7.